The fourth-order valence-electron chi connectivity index (χ4n) is 5.23. The molecule has 0 unspecified atom stereocenters. The van der Waals surface area contributed by atoms with Gasteiger partial charge in [-0.1, -0.05) is 6.92 Å². The molecule has 4 aliphatic rings. The van der Waals surface area contributed by atoms with Crippen molar-refractivity contribution in [3.63, 3.8) is 0 Å². The van der Waals surface area contributed by atoms with Crippen LogP contribution in [0, 0.1) is 29.6 Å². The lowest BCUT2D eigenvalue weighted by atomic mass is 9.52. The molecule has 1 N–H and O–H groups in total. The molecule has 18 heavy (non-hydrogen) atoms. The third kappa shape index (κ3) is 2.60. The Morgan fingerprint density at radius 3 is 2.17 bits per heavy atom. The van der Waals surface area contributed by atoms with E-state index in [4.69, 9.17) is 0 Å². The van der Waals surface area contributed by atoms with Crippen LogP contribution in [0.3, 0.4) is 0 Å². The molecule has 0 aromatic rings. The molecule has 4 saturated carbocycles. The molecule has 4 aliphatic carbocycles. The van der Waals surface area contributed by atoms with Crippen LogP contribution in [0.2, 0.25) is 0 Å². The number of rotatable bonds is 6. The molecule has 2 nitrogen and oxygen atoms in total. The summed E-state index contributed by atoms with van der Waals surface area (Å²) in [7, 11) is 2.32. The quantitative estimate of drug-likeness (QED) is 0.729. The maximum Gasteiger partial charge on any atom is 0.0104 e. The van der Waals surface area contributed by atoms with E-state index in [2.05, 4.69) is 24.2 Å². The van der Waals surface area contributed by atoms with Crippen molar-refractivity contribution < 1.29 is 0 Å². The number of hydrogen-bond acceptors (Lipinski definition) is 2. The monoisotopic (exact) mass is 250 g/mol. The van der Waals surface area contributed by atoms with Crippen LogP contribution >= 0.6 is 0 Å². The Labute approximate surface area is 113 Å². The van der Waals surface area contributed by atoms with Crippen LogP contribution in [0.25, 0.3) is 0 Å². The van der Waals surface area contributed by atoms with Gasteiger partial charge in [-0.3, -0.25) is 0 Å². The van der Waals surface area contributed by atoms with Gasteiger partial charge in [0.25, 0.3) is 0 Å². The first kappa shape index (κ1) is 12.9. The normalized spacial score (nSPS) is 41.8. The van der Waals surface area contributed by atoms with E-state index in [9.17, 15) is 0 Å². The highest BCUT2D eigenvalue weighted by Crippen LogP contribution is 2.56. The molecule has 0 heterocycles. The van der Waals surface area contributed by atoms with Crippen LogP contribution in [0.5, 0.6) is 0 Å². The second-order valence-electron chi connectivity index (χ2n) is 7.21. The zero-order valence-electron chi connectivity index (χ0n) is 12.2. The zero-order valence-corrected chi connectivity index (χ0v) is 12.2. The summed E-state index contributed by atoms with van der Waals surface area (Å²) < 4.78 is 0. The SMILES string of the molecule is CCNCCN(C)CC1C2CC3CC(C2)CC1C3. The lowest BCUT2D eigenvalue weighted by Gasteiger charge is -2.55. The molecular formula is C16H30N2. The highest BCUT2D eigenvalue weighted by atomic mass is 15.1. The highest BCUT2D eigenvalue weighted by molar-refractivity contribution is 4.98. The van der Waals surface area contributed by atoms with E-state index in [0.717, 1.165) is 42.7 Å². The van der Waals surface area contributed by atoms with E-state index >= 15 is 0 Å². The van der Waals surface area contributed by atoms with Gasteiger partial charge in [0.2, 0.25) is 0 Å². The second-order valence-corrected chi connectivity index (χ2v) is 7.21. The van der Waals surface area contributed by atoms with Crippen molar-refractivity contribution in [1.82, 2.24) is 10.2 Å². The van der Waals surface area contributed by atoms with Crippen LogP contribution in [0.1, 0.15) is 39.0 Å². The smallest absolute Gasteiger partial charge is 0.0104 e. The molecule has 0 amide bonds. The Balaban J connectivity index is 1.50. The summed E-state index contributed by atoms with van der Waals surface area (Å²) in [5.41, 5.74) is 0. The number of hydrogen-bond donors (Lipinski definition) is 1. The Kier molecular flexibility index (Phi) is 3.95. The van der Waals surface area contributed by atoms with Crippen molar-refractivity contribution in [2.75, 3.05) is 33.2 Å². The molecular weight excluding hydrogens is 220 g/mol. The lowest BCUT2D eigenvalue weighted by Crippen LogP contribution is -2.49. The van der Waals surface area contributed by atoms with E-state index < -0.39 is 0 Å². The molecule has 104 valence electrons. The van der Waals surface area contributed by atoms with Crippen molar-refractivity contribution in [2.45, 2.75) is 39.0 Å². The summed E-state index contributed by atoms with van der Waals surface area (Å²) in [5.74, 6) is 5.45. The number of likely N-dealkylation sites (N-methyl/N-ethyl adjacent to an activating group) is 2. The van der Waals surface area contributed by atoms with E-state index in [1.54, 1.807) is 32.1 Å². The van der Waals surface area contributed by atoms with Crippen molar-refractivity contribution in [3.05, 3.63) is 0 Å². The topological polar surface area (TPSA) is 15.3 Å². The van der Waals surface area contributed by atoms with Gasteiger partial charge in [-0.2, -0.15) is 0 Å². The Bertz CT molecular complexity index is 248. The van der Waals surface area contributed by atoms with E-state index in [1.165, 1.54) is 13.1 Å². The predicted molar refractivity (Wildman–Crippen MR) is 76.6 cm³/mol. The largest absolute Gasteiger partial charge is 0.316 e. The lowest BCUT2D eigenvalue weighted by molar-refractivity contribution is -0.0465. The summed E-state index contributed by atoms with van der Waals surface area (Å²) in [6, 6.07) is 0. The predicted octanol–water partition coefficient (Wildman–Crippen LogP) is 2.60. The first-order chi connectivity index (χ1) is 8.76. The Morgan fingerprint density at radius 1 is 1.00 bits per heavy atom. The van der Waals surface area contributed by atoms with Crippen molar-refractivity contribution >= 4 is 0 Å². The Hall–Kier alpha value is -0.0800. The van der Waals surface area contributed by atoms with Gasteiger partial charge in [0, 0.05) is 19.6 Å². The molecule has 0 radical (unpaired) electrons. The summed E-state index contributed by atoms with van der Waals surface area (Å²) in [6.45, 7) is 7.03. The average molecular weight is 250 g/mol. The van der Waals surface area contributed by atoms with E-state index in [1.807, 2.05) is 0 Å². The molecule has 2 heteroatoms. The summed E-state index contributed by atoms with van der Waals surface area (Å²) in [4.78, 5) is 2.58. The molecule has 0 saturated heterocycles. The van der Waals surface area contributed by atoms with Crippen molar-refractivity contribution in [1.29, 1.82) is 0 Å². The maximum atomic E-state index is 3.44. The molecule has 4 rings (SSSR count). The molecule has 0 atom stereocenters. The van der Waals surface area contributed by atoms with Crippen LogP contribution in [0.4, 0.5) is 0 Å². The Morgan fingerprint density at radius 2 is 1.61 bits per heavy atom. The molecule has 4 bridgehead atoms. The van der Waals surface area contributed by atoms with Gasteiger partial charge in [-0.05, 0) is 75.3 Å². The van der Waals surface area contributed by atoms with Gasteiger partial charge < -0.3 is 10.2 Å². The zero-order chi connectivity index (χ0) is 12.5. The third-order valence-corrected chi connectivity index (χ3v) is 5.86. The van der Waals surface area contributed by atoms with Gasteiger partial charge in [0.05, 0.1) is 0 Å². The second kappa shape index (κ2) is 5.50. The van der Waals surface area contributed by atoms with Gasteiger partial charge >= 0.3 is 0 Å². The van der Waals surface area contributed by atoms with Crippen molar-refractivity contribution in [2.24, 2.45) is 29.6 Å². The van der Waals surface area contributed by atoms with Crippen LogP contribution in [-0.4, -0.2) is 38.1 Å². The molecule has 4 fully saturated rings. The molecule has 0 spiro atoms. The van der Waals surface area contributed by atoms with Gasteiger partial charge in [0.15, 0.2) is 0 Å². The van der Waals surface area contributed by atoms with E-state index in [0.29, 0.717) is 0 Å². The van der Waals surface area contributed by atoms with Crippen molar-refractivity contribution in [3.8, 4) is 0 Å². The summed E-state index contributed by atoms with van der Waals surface area (Å²) >= 11 is 0. The first-order valence-corrected chi connectivity index (χ1v) is 8.15. The van der Waals surface area contributed by atoms with Gasteiger partial charge in [-0.25, -0.2) is 0 Å². The number of nitrogens with one attached hydrogen (secondary N) is 1. The van der Waals surface area contributed by atoms with Crippen LogP contribution in [0.15, 0.2) is 0 Å². The summed E-state index contributed by atoms with van der Waals surface area (Å²) in [6.07, 6.45) is 7.85. The first-order valence-electron chi connectivity index (χ1n) is 8.15. The standard InChI is InChI=1S/C16H30N2/c1-3-17-4-5-18(2)11-16-14-7-12-6-13(9-14)10-15(16)8-12/h12-17H,3-11H2,1-2H3. The van der Waals surface area contributed by atoms with E-state index in [-0.39, 0.29) is 0 Å². The molecule has 0 aliphatic heterocycles. The summed E-state index contributed by atoms with van der Waals surface area (Å²) in [5, 5.41) is 3.44. The average Bonchev–Trinajstić information content (AvgIpc) is 2.33. The fourth-order valence-corrected chi connectivity index (χ4v) is 5.23. The fraction of sp³-hybridized carbons (Fsp3) is 1.00. The minimum atomic E-state index is 1.03. The number of nitrogens with zero attached hydrogens (tertiary/aromatic N) is 1. The highest BCUT2D eigenvalue weighted by Gasteiger charge is 2.47. The van der Waals surface area contributed by atoms with Crippen LogP contribution in [-0.2, 0) is 0 Å². The van der Waals surface area contributed by atoms with Gasteiger partial charge in [0.1, 0.15) is 0 Å². The minimum absolute atomic E-state index is 1.03. The van der Waals surface area contributed by atoms with Gasteiger partial charge in [-0.15, -0.1) is 0 Å². The maximum absolute atomic E-state index is 3.44. The third-order valence-electron chi connectivity index (χ3n) is 5.86. The van der Waals surface area contributed by atoms with Crippen LogP contribution < -0.4 is 5.32 Å². The minimum Gasteiger partial charge on any atom is -0.316 e. The molecule has 0 aromatic heterocycles. The molecule has 0 aromatic carbocycles.